The van der Waals surface area contributed by atoms with Crippen LogP contribution in [0.3, 0.4) is 0 Å². The Morgan fingerprint density at radius 3 is 2.66 bits per heavy atom. The van der Waals surface area contributed by atoms with Crippen LogP contribution in [-0.2, 0) is 34.4 Å². The molecule has 0 radical (unpaired) electrons. The van der Waals surface area contributed by atoms with Crippen LogP contribution in [-0.4, -0.2) is 58.5 Å². The molecule has 0 spiro atoms. The molecule has 9 nitrogen and oxygen atoms in total. The van der Waals surface area contributed by atoms with Crippen molar-refractivity contribution >= 4 is 37.6 Å². The molecular weight excluding hydrogens is 420 g/mol. The second-order valence-electron chi connectivity index (χ2n) is 7.13. The van der Waals surface area contributed by atoms with Crippen molar-refractivity contribution in [1.29, 1.82) is 0 Å². The molecule has 11 heteroatoms. The van der Waals surface area contributed by atoms with Gasteiger partial charge in [-0.2, -0.15) is 4.31 Å². The lowest BCUT2D eigenvalue weighted by atomic mass is 10.0. The maximum atomic E-state index is 13.3. The van der Waals surface area contributed by atoms with Gasteiger partial charge in [0, 0.05) is 19.5 Å². The number of amides is 1. The Labute approximate surface area is 170 Å². The quantitative estimate of drug-likeness (QED) is 0.622. The number of carbonyl (C=O) groups is 2. The Kier molecular flexibility index (Phi) is 6.02. The molecule has 2 heterocycles. The van der Waals surface area contributed by atoms with Gasteiger partial charge in [0.05, 0.1) is 28.9 Å². The van der Waals surface area contributed by atoms with Crippen LogP contribution >= 0.6 is 0 Å². The third kappa shape index (κ3) is 4.17. The first-order valence-electron chi connectivity index (χ1n) is 9.41. The first-order valence-corrected chi connectivity index (χ1v) is 12.5. The number of sulfonamides is 2. The van der Waals surface area contributed by atoms with Crippen molar-refractivity contribution in [3.8, 4) is 0 Å². The molecule has 0 N–H and O–H groups in total. The predicted octanol–water partition coefficient (Wildman–Crippen LogP) is 1.03. The first kappa shape index (κ1) is 21.7. The fourth-order valence-corrected chi connectivity index (χ4v) is 6.83. The van der Waals surface area contributed by atoms with Gasteiger partial charge in [0.15, 0.2) is 0 Å². The molecule has 2 aliphatic rings. The van der Waals surface area contributed by atoms with Gasteiger partial charge in [-0.25, -0.2) is 21.1 Å². The molecule has 1 atom stereocenters. The molecule has 1 aromatic rings. The van der Waals surface area contributed by atoms with Crippen molar-refractivity contribution in [2.75, 3.05) is 29.8 Å². The van der Waals surface area contributed by atoms with E-state index in [-0.39, 0.29) is 42.5 Å². The molecule has 0 saturated carbocycles. The molecule has 2 saturated heterocycles. The number of piperidine rings is 1. The normalized spacial score (nSPS) is 22.6. The molecule has 0 aliphatic carbocycles. The van der Waals surface area contributed by atoms with E-state index >= 15 is 0 Å². The molecule has 2 aliphatic heterocycles. The van der Waals surface area contributed by atoms with Gasteiger partial charge in [0.25, 0.3) is 0 Å². The molecule has 160 valence electrons. The number of carbonyl (C=O) groups excluding carboxylic acids is 2. The van der Waals surface area contributed by atoms with Crippen molar-refractivity contribution in [3.63, 3.8) is 0 Å². The molecule has 1 aromatic carbocycles. The van der Waals surface area contributed by atoms with Gasteiger partial charge in [0.2, 0.25) is 26.0 Å². The Balaban J connectivity index is 1.95. The summed E-state index contributed by atoms with van der Waals surface area (Å²) in [4.78, 5) is 24.0. The van der Waals surface area contributed by atoms with Gasteiger partial charge >= 0.3 is 5.97 Å². The van der Waals surface area contributed by atoms with Crippen LogP contribution in [0.4, 0.5) is 5.69 Å². The summed E-state index contributed by atoms with van der Waals surface area (Å²) >= 11 is 0. The molecule has 2 fully saturated rings. The van der Waals surface area contributed by atoms with Crippen molar-refractivity contribution in [2.24, 2.45) is 5.92 Å². The third-order valence-electron chi connectivity index (χ3n) is 5.11. The third-order valence-corrected chi connectivity index (χ3v) is 8.80. The minimum absolute atomic E-state index is 0.00573. The summed E-state index contributed by atoms with van der Waals surface area (Å²) in [5.41, 5.74) is 0.437. The van der Waals surface area contributed by atoms with Crippen LogP contribution < -0.4 is 4.31 Å². The van der Waals surface area contributed by atoms with Crippen LogP contribution in [0.5, 0.6) is 0 Å². The Bertz CT molecular complexity index is 1030. The zero-order valence-electron chi connectivity index (χ0n) is 16.3. The Morgan fingerprint density at radius 1 is 1.31 bits per heavy atom. The van der Waals surface area contributed by atoms with E-state index in [9.17, 15) is 26.4 Å². The van der Waals surface area contributed by atoms with E-state index in [4.69, 9.17) is 4.74 Å². The lowest BCUT2D eigenvalue weighted by Gasteiger charge is -2.31. The van der Waals surface area contributed by atoms with Gasteiger partial charge in [-0.15, -0.1) is 0 Å². The van der Waals surface area contributed by atoms with Crippen LogP contribution in [0.1, 0.15) is 31.7 Å². The number of anilines is 1. The molecular formula is C18H24N2O7S2. The summed E-state index contributed by atoms with van der Waals surface area (Å²) in [6.45, 7) is 3.78. The zero-order valence-corrected chi connectivity index (χ0v) is 18.0. The fraction of sp³-hybridized carbons (Fsp3) is 0.556. The van der Waals surface area contributed by atoms with E-state index in [0.29, 0.717) is 22.7 Å². The van der Waals surface area contributed by atoms with Gasteiger partial charge in [-0.3, -0.25) is 9.59 Å². The van der Waals surface area contributed by atoms with Crippen molar-refractivity contribution in [2.45, 2.75) is 38.0 Å². The monoisotopic (exact) mass is 444 g/mol. The van der Waals surface area contributed by atoms with Crippen LogP contribution in [0.15, 0.2) is 23.1 Å². The molecule has 0 aromatic heterocycles. The zero-order chi connectivity index (χ0) is 21.4. The largest absolute Gasteiger partial charge is 0.466 e. The van der Waals surface area contributed by atoms with Gasteiger partial charge < -0.3 is 4.74 Å². The maximum absolute atomic E-state index is 13.3. The molecule has 3 rings (SSSR count). The number of hydrogen-bond acceptors (Lipinski definition) is 7. The summed E-state index contributed by atoms with van der Waals surface area (Å²) in [6, 6.07) is 4.13. The summed E-state index contributed by atoms with van der Waals surface area (Å²) in [6.07, 6.45) is 0.927. The molecule has 0 bridgehead atoms. The number of nitrogens with zero attached hydrogens (tertiary/aromatic N) is 2. The number of ether oxygens (including phenoxy) is 1. The summed E-state index contributed by atoms with van der Waals surface area (Å²) in [7, 11) is -7.79. The Hall–Kier alpha value is -1.98. The van der Waals surface area contributed by atoms with Crippen molar-refractivity contribution in [3.05, 3.63) is 23.8 Å². The highest BCUT2D eigenvalue weighted by Gasteiger charge is 2.38. The number of benzene rings is 1. The lowest BCUT2D eigenvalue weighted by Crippen LogP contribution is -2.43. The predicted molar refractivity (Wildman–Crippen MR) is 105 cm³/mol. The van der Waals surface area contributed by atoms with E-state index < -0.39 is 37.8 Å². The van der Waals surface area contributed by atoms with Crippen molar-refractivity contribution in [1.82, 2.24) is 4.31 Å². The maximum Gasteiger partial charge on any atom is 0.310 e. The molecule has 1 amide bonds. The average molecular weight is 445 g/mol. The van der Waals surface area contributed by atoms with Gasteiger partial charge in [-0.05, 0) is 44.4 Å². The number of hydrogen-bond donors (Lipinski definition) is 0. The second-order valence-corrected chi connectivity index (χ2v) is 11.0. The highest BCUT2D eigenvalue weighted by molar-refractivity contribution is 7.94. The Morgan fingerprint density at radius 2 is 2.03 bits per heavy atom. The van der Waals surface area contributed by atoms with Gasteiger partial charge in [0.1, 0.15) is 0 Å². The van der Waals surface area contributed by atoms with Crippen LogP contribution in [0, 0.1) is 12.8 Å². The fourth-order valence-electron chi connectivity index (χ4n) is 3.61. The second kappa shape index (κ2) is 8.04. The van der Waals surface area contributed by atoms with Crippen LogP contribution in [0.2, 0.25) is 0 Å². The first-order chi connectivity index (χ1) is 13.6. The van der Waals surface area contributed by atoms with E-state index in [0.717, 1.165) is 0 Å². The van der Waals surface area contributed by atoms with Gasteiger partial charge in [-0.1, -0.05) is 6.07 Å². The summed E-state index contributed by atoms with van der Waals surface area (Å²) in [5.74, 6) is -1.85. The highest BCUT2D eigenvalue weighted by atomic mass is 32.2. The van der Waals surface area contributed by atoms with Crippen LogP contribution in [0.25, 0.3) is 0 Å². The number of aryl methyl sites for hydroxylation is 1. The standard InChI is InChI=1S/C18H24N2O7S2/c1-3-27-18(22)14-5-4-9-19(12-14)29(25,26)16-11-15(7-6-13(16)2)20-17(21)8-10-28(20,23)24/h6-7,11,14H,3-5,8-10,12H2,1-2H3. The summed E-state index contributed by atoms with van der Waals surface area (Å²) in [5, 5.41) is 0. The van der Waals surface area contributed by atoms with E-state index in [2.05, 4.69) is 0 Å². The minimum atomic E-state index is -3.99. The van der Waals surface area contributed by atoms with E-state index in [1.807, 2.05) is 0 Å². The minimum Gasteiger partial charge on any atom is -0.466 e. The number of esters is 1. The smallest absolute Gasteiger partial charge is 0.310 e. The lowest BCUT2D eigenvalue weighted by molar-refractivity contribution is -0.149. The SMILES string of the molecule is CCOC(=O)C1CCCN(S(=O)(=O)c2cc(N3C(=O)CCS3(=O)=O)ccc2C)C1. The molecule has 29 heavy (non-hydrogen) atoms. The van der Waals surface area contributed by atoms with E-state index in [1.54, 1.807) is 13.8 Å². The topological polar surface area (TPSA) is 118 Å². The average Bonchev–Trinajstić information content (AvgIpc) is 2.95. The molecule has 1 unspecified atom stereocenters. The van der Waals surface area contributed by atoms with E-state index in [1.165, 1.54) is 22.5 Å². The van der Waals surface area contributed by atoms with Crippen molar-refractivity contribution < 1.29 is 31.2 Å². The summed E-state index contributed by atoms with van der Waals surface area (Å²) < 4.78 is 57.8. The highest BCUT2D eigenvalue weighted by Crippen LogP contribution is 2.32. The number of rotatable bonds is 5.